The predicted molar refractivity (Wildman–Crippen MR) is 46.4 cm³/mol. The van der Waals surface area contributed by atoms with Gasteiger partial charge in [0.25, 0.3) is 0 Å². The number of H-pyrrole nitrogens is 1. The van der Waals surface area contributed by atoms with Crippen molar-refractivity contribution in [3.05, 3.63) is 35.3 Å². The van der Waals surface area contributed by atoms with Gasteiger partial charge in [-0.05, 0) is 0 Å². The van der Waals surface area contributed by atoms with Crippen molar-refractivity contribution in [3.63, 3.8) is 0 Å². The molecule has 1 aromatic heterocycles. The van der Waals surface area contributed by atoms with E-state index in [1.54, 1.807) is 6.07 Å². The largest absolute Gasteiger partial charge is 0.247 e. The minimum atomic E-state index is -1.14. The van der Waals surface area contributed by atoms with Gasteiger partial charge in [-0.1, -0.05) is 5.21 Å². The van der Waals surface area contributed by atoms with Crippen molar-refractivity contribution >= 4 is 0 Å². The van der Waals surface area contributed by atoms with Gasteiger partial charge in [0.05, 0.1) is 5.56 Å². The third kappa shape index (κ3) is 1.50. The molecular weight excluding hydrogens is 221 g/mol. The smallest absolute Gasteiger partial charge is 0.164 e. The molecule has 0 aliphatic rings. The molecule has 80 valence electrons. The number of hydrogen-bond acceptors (Lipinski definition) is 3. The zero-order valence-electron chi connectivity index (χ0n) is 7.63. The van der Waals surface area contributed by atoms with Gasteiger partial charge >= 0.3 is 0 Å². The topological polar surface area (TPSA) is 65.4 Å². The van der Waals surface area contributed by atoms with Crippen LogP contribution in [0.3, 0.4) is 0 Å². The molecule has 0 unspecified atom stereocenters. The average molecular weight is 224 g/mol. The molecule has 0 fully saturated rings. The maximum atomic E-state index is 13.3. The second-order valence-electron chi connectivity index (χ2n) is 2.89. The predicted octanol–water partition coefficient (Wildman–Crippen LogP) is 1.76. The molecule has 0 radical (unpaired) electrons. The number of nitrogens with zero attached hydrogens (tertiary/aromatic N) is 3. The summed E-state index contributed by atoms with van der Waals surface area (Å²) in [6.45, 7) is 0. The van der Waals surface area contributed by atoms with E-state index >= 15 is 0 Å². The van der Waals surface area contributed by atoms with Crippen molar-refractivity contribution in [2.75, 3.05) is 0 Å². The highest BCUT2D eigenvalue weighted by Crippen LogP contribution is 2.26. The van der Waals surface area contributed by atoms with Gasteiger partial charge in [0.2, 0.25) is 0 Å². The molecule has 2 rings (SSSR count). The second-order valence-corrected chi connectivity index (χ2v) is 2.89. The Balaban J connectivity index is 2.70. The Hall–Kier alpha value is -2.36. The van der Waals surface area contributed by atoms with E-state index in [1.165, 1.54) is 0 Å². The number of rotatable bonds is 1. The fourth-order valence-electron chi connectivity index (χ4n) is 1.25. The van der Waals surface area contributed by atoms with E-state index in [2.05, 4.69) is 15.4 Å². The molecule has 0 saturated carbocycles. The fourth-order valence-corrected chi connectivity index (χ4v) is 1.25. The van der Waals surface area contributed by atoms with Crippen LogP contribution in [-0.4, -0.2) is 15.4 Å². The normalized spacial score (nSPS) is 10.1. The van der Waals surface area contributed by atoms with E-state index in [0.717, 1.165) is 0 Å². The lowest BCUT2D eigenvalue weighted by atomic mass is 10.1. The maximum Gasteiger partial charge on any atom is 0.164 e. The van der Waals surface area contributed by atoms with Gasteiger partial charge in [-0.15, -0.1) is 5.10 Å². The summed E-state index contributed by atoms with van der Waals surface area (Å²) in [5.74, 6) is -3.31. The van der Waals surface area contributed by atoms with Crippen molar-refractivity contribution in [1.29, 1.82) is 5.26 Å². The lowest BCUT2D eigenvalue weighted by molar-refractivity contribution is 0.547. The summed E-state index contributed by atoms with van der Waals surface area (Å²) >= 11 is 0. The van der Waals surface area contributed by atoms with E-state index in [9.17, 15) is 13.2 Å². The number of benzene rings is 1. The number of nitrogens with one attached hydrogen (secondary N) is 1. The number of halogens is 3. The second kappa shape index (κ2) is 3.66. The minimum Gasteiger partial charge on any atom is -0.247 e. The van der Waals surface area contributed by atoms with E-state index in [4.69, 9.17) is 5.26 Å². The van der Waals surface area contributed by atoms with Crippen LogP contribution in [0.2, 0.25) is 0 Å². The van der Waals surface area contributed by atoms with E-state index in [1.807, 2.05) is 0 Å². The molecule has 0 aliphatic carbocycles. The number of aromatic nitrogens is 3. The van der Waals surface area contributed by atoms with Gasteiger partial charge < -0.3 is 0 Å². The summed E-state index contributed by atoms with van der Waals surface area (Å²) in [4.78, 5) is 0. The lowest BCUT2D eigenvalue weighted by Crippen LogP contribution is -1.94. The molecule has 1 heterocycles. The Morgan fingerprint density at radius 1 is 1.19 bits per heavy atom. The Bertz CT molecular complexity index is 562. The highest BCUT2D eigenvalue weighted by molar-refractivity contribution is 5.65. The van der Waals surface area contributed by atoms with Gasteiger partial charge in [0.1, 0.15) is 29.2 Å². The summed E-state index contributed by atoms with van der Waals surface area (Å²) < 4.78 is 39.3. The zero-order valence-corrected chi connectivity index (χ0v) is 7.63. The Morgan fingerprint density at radius 2 is 1.81 bits per heavy atom. The highest BCUT2D eigenvalue weighted by Gasteiger charge is 2.19. The zero-order chi connectivity index (χ0) is 11.7. The first kappa shape index (κ1) is 10.2. The van der Waals surface area contributed by atoms with Crippen LogP contribution >= 0.6 is 0 Å². The molecule has 0 amide bonds. The molecule has 16 heavy (non-hydrogen) atoms. The Morgan fingerprint density at radius 3 is 2.38 bits per heavy atom. The van der Waals surface area contributed by atoms with Crippen molar-refractivity contribution in [1.82, 2.24) is 15.4 Å². The molecule has 0 aliphatic heterocycles. The summed E-state index contributed by atoms with van der Waals surface area (Å²) in [6.07, 6.45) is 0. The van der Waals surface area contributed by atoms with Crippen molar-refractivity contribution in [2.24, 2.45) is 0 Å². The summed E-state index contributed by atoms with van der Waals surface area (Å²) in [5.41, 5.74) is -1.05. The summed E-state index contributed by atoms with van der Waals surface area (Å²) in [6, 6.07) is 2.65. The van der Waals surface area contributed by atoms with Crippen LogP contribution in [0.25, 0.3) is 11.3 Å². The molecule has 0 spiro atoms. The molecule has 4 nitrogen and oxygen atoms in total. The molecule has 0 saturated heterocycles. The van der Waals surface area contributed by atoms with Crippen LogP contribution in [0.4, 0.5) is 13.2 Å². The standard InChI is InChI=1S/C9H3F3N4/c10-4-1-5(11)8(6(12)2-4)9-7(3-13)14-16-15-9/h1-2H,(H,14,15,16). The Labute approximate surface area is 87.3 Å². The molecule has 0 bridgehead atoms. The number of aromatic amines is 1. The summed E-state index contributed by atoms with van der Waals surface area (Å²) in [5, 5.41) is 17.4. The lowest BCUT2D eigenvalue weighted by Gasteiger charge is -2.01. The van der Waals surface area contributed by atoms with Crippen LogP contribution in [-0.2, 0) is 0 Å². The van der Waals surface area contributed by atoms with E-state index in [-0.39, 0.29) is 11.4 Å². The van der Waals surface area contributed by atoms with Crippen LogP contribution in [0.1, 0.15) is 5.69 Å². The minimum absolute atomic E-state index is 0.190. The maximum absolute atomic E-state index is 13.3. The fraction of sp³-hybridized carbons (Fsp3) is 0. The molecule has 1 aromatic carbocycles. The third-order valence-electron chi connectivity index (χ3n) is 1.90. The van der Waals surface area contributed by atoms with Crippen LogP contribution < -0.4 is 0 Å². The number of hydrogen-bond donors (Lipinski definition) is 1. The average Bonchev–Trinajstić information content (AvgIpc) is 2.64. The monoisotopic (exact) mass is 224 g/mol. The third-order valence-corrected chi connectivity index (χ3v) is 1.90. The van der Waals surface area contributed by atoms with Crippen LogP contribution in [0.5, 0.6) is 0 Å². The SMILES string of the molecule is N#Cc1[nH]nnc1-c1c(F)cc(F)cc1F. The van der Waals surface area contributed by atoms with Crippen molar-refractivity contribution in [3.8, 4) is 17.3 Å². The molecule has 2 aromatic rings. The van der Waals surface area contributed by atoms with Crippen LogP contribution in [0.15, 0.2) is 12.1 Å². The van der Waals surface area contributed by atoms with Gasteiger partial charge in [-0.3, -0.25) is 0 Å². The Kier molecular flexibility index (Phi) is 2.32. The first-order chi connectivity index (χ1) is 7.63. The van der Waals surface area contributed by atoms with E-state index < -0.39 is 23.0 Å². The molecule has 7 heteroatoms. The highest BCUT2D eigenvalue weighted by atomic mass is 19.1. The van der Waals surface area contributed by atoms with Crippen molar-refractivity contribution < 1.29 is 13.2 Å². The molecule has 0 atom stereocenters. The van der Waals surface area contributed by atoms with Gasteiger partial charge in [0.15, 0.2) is 5.69 Å². The van der Waals surface area contributed by atoms with Gasteiger partial charge in [-0.2, -0.15) is 5.26 Å². The number of nitriles is 1. The van der Waals surface area contributed by atoms with Crippen molar-refractivity contribution in [2.45, 2.75) is 0 Å². The van der Waals surface area contributed by atoms with Crippen LogP contribution in [0, 0.1) is 28.8 Å². The first-order valence-corrected chi connectivity index (χ1v) is 4.09. The summed E-state index contributed by atoms with van der Waals surface area (Å²) in [7, 11) is 0. The van der Waals surface area contributed by atoms with Gasteiger partial charge in [-0.25, -0.2) is 18.3 Å². The van der Waals surface area contributed by atoms with E-state index in [0.29, 0.717) is 12.1 Å². The van der Waals surface area contributed by atoms with Gasteiger partial charge in [0, 0.05) is 12.1 Å². The first-order valence-electron chi connectivity index (χ1n) is 4.09. The molecular formula is C9H3F3N4. The quantitative estimate of drug-likeness (QED) is 0.802. The molecule has 1 N–H and O–H groups in total.